The first kappa shape index (κ1) is 24.6. The highest BCUT2D eigenvalue weighted by Gasteiger charge is 2.36. The number of nitrogens with one attached hydrogen (secondary N) is 3. The first-order valence-electron chi connectivity index (χ1n) is 11.0. The van der Waals surface area contributed by atoms with Gasteiger partial charge in [-0.15, -0.1) is 0 Å². The van der Waals surface area contributed by atoms with Crippen molar-refractivity contribution < 1.29 is 22.4 Å². The van der Waals surface area contributed by atoms with Crippen LogP contribution in [0, 0.1) is 11.2 Å². The number of carbonyl (C=O) groups is 1. The summed E-state index contributed by atoms with van der Waals surface area (Å²) in [5.74, 6) is -2.83. The highest BCUT2D eigenvalue weighted by molar-refractivity contribution is 6.15. The Bertz CT molecular complexity index is 1020. The van der Waals surface area contributed by atoms with Gasteiger partial charge in [-0.1, -0.05) is 26.7 Å². The number of benzene rings is 1. The average Bonchev–Trinajstić information content (AvgIpc) is 2.80. The van der Waals surface area contributed by atoms with Crippen LogP contribution in [0.25, 0.3) is 0 Å². The Kier molecular flexibility index (Phi) is 7.99. The molecule has 2 aromatic rings. The SMILES string of the molecule is CCCCC(Nc1ccc(F)cc1C(=N)c1ncnc2c1C(C(F)F)CC(=O)N2)C(F)CC. The Morgan fingerprint density at radius 3 is 2.70 bits per heavy atom. The second kappa shape index (κ2) is 10.7. The average molecular weight is 465 g/mol. The number of aromatic nitrogens is 2. The van der Waals surface area contributed by atoms with Crippen molar-refractivity contribution in [2.45, 2.75) is 70.5 Å². The van der Waals surface area contributed by atoms with Gasteiger partial charge in [0.15, 0.2) is 0 Å². The lowest BCUT2D eigenvalue weighted by Crippen LogP contribution is -2.32. The second-order valence-electron chi connectivity index (χ2n) is 8.06. The number of nitrogens with zero attached hydrogens (tertiary/aromatic N) is 2. The van der Waals surface area contributed by atoms with Crippen LogP contribution in [0.5, 0.6) is 0 Å². The Balaban J connectivity index is 2.05. The van der Waals surface area contributed by atoms with Gasteiger partial charge < -0.3 is 10.6 Å². The van der Waals surface area contributed by atoms with Crippen molar-refractivity contribution in [2.75, 3.05) is 10.6 Å². The van der Waals surface area contributed by atoms with Crippen molar-refractivity contribution in [3.8, 4) is 0 Å². The fourth-order valence-electron chi connectivity index (χ4n) is 3.97. The van der Waals surface area contributed by atoms with Crippen LogP contribution in [0.1, 0.15) is 68.7 Å². The van der Waals surface area contributed by atoms with Crippen molar-refractivity contribution in [3.63, 3.8) is 0 Å². The number of halogens is 4. The van der Waals surface area contributed by atoms with Gasteiger partial charge in [0, 0.05) is 23.2 Å². The van der Waals surface area contributed by atoms with E-state index in [2.05, 4.69) is 20.6 Å². The minimum Gasteiger partial charge on any atom is -0.379 e. The lowest BCUT2D eigenvalue weighted by Gasteiger charge is -2.27. The van der Waals surface area contributed by atoms with Gasteiger partial charge in [0.2, 0.25) is 12.3 Å². The van der Waals surface area contributed by atoms with Crippen LogP contribution in [0.15, 0.2) is 24.5 Å². The van der Waals surface area contributed by atoms with Gasteiger partial charge in [-0.25, -0.2) is 27.5 Å². The number of rotatable bonds is 10. The first-order valence-corrected chi connectivity index (χ1v) is 11.0. The summed E-state index contributed by atoms with van der Waals surface area (Å²) in [5, 5.41) is 14.2. The molecule has 0 saturated heterocycles. The molecule has 0 spiro atoms. The number of unbranched alkanes of at least 4 members (excludes halogenated alkanes) is 1. The van der Waals surface area contributed by atoms with Crippen LogP contribution in [0.3, 0.4) is 0 Å². The highest BCUT2D eigenvalue weighted by atomic mass is 19.3. The zero-order chi connectivity index (χ0) is 24.1. The van der Waals surface area contributed by atoms with Crippen molar-refractivity contribution in [3.05, 3.63) is 47.2 Å². The topological polar surface area (TPSA) is 90.8 Å². The number of hydrogen-bond acceptors (Lipinski definition) is 5. The quantitative estimate of drug-likeness (QED) is 0.322. The molecule has 0 saturated carbocycles. The molecule has 1 aliphatic rings. The summed E-state index contributed by atoms with van der Waals surface area (Å²) in [4.78, 5) is 19.8. The van der Waals surface area contributed by atoms with E-state index in [0.29, 0.717) is 12.1 Å². The number of alkyl halides is 3. The molecule has 0 bridgehead atoms. The number of fused-ring (bicyclic) bond motifs is 1. The number of carbonyl (C=O) groups excluding carboxylic acids is 1. The van der Waals surface area contributed by atoms with Crippen LogP contribution in [-0.4, -0.2) is 40.2 Å². The van der Waals surface area contributed by atoms with E-state index in [1.165, 1.54) is 12.1 Å². The van der Waals surface area contributed by atoms with E-state index in [1.54, 1.807) is 6.92 Å². The third-order valence-corrected chi connectivity index (χ3v) is 5.75. The smallest absolute Gasteiger partial charge is 0.246 e. The van der Waals surface area contributed by atoms with Crippen molar-refractivity contribution in [2.24, 2.45) is 0 Å². The fraction of sp³-hybridized carbons (Fsp3) is 0.478. The summed E-state index contributed by atoms with van der Waals surface area (Å²) in [6.45, 7) is 3.72. The Labute approximate surface area is 189 Å². The summed E-state index contributed by atoms with van der Waals surface area (Å²) < 4.78 is 56.3. The van der Waals surface area contributed by atoms with Crippen LogP contribution in [0.4, 0.5) is 29.1 Å². The molecule has 33 heavy (non-hydrogen) atoms. The third kappa shape index (κ3) is 5.48. The summed E-state index contributed by atoms with van der Waals surface area (Å²) in [6, 6.07) is 3.13. The maximum atomic E-state index is 14.6. The van der Waals surface area contributed by atoms with Crippen LogP contribution < -0.4 is 10.6 Å². The molecule has 3 unspecified atom stereocenters. The standard InChI is InChI=1S/C23H27F4N5O/c1-3-5-6-17(15(25)4-2)31-16-8-7-12(24)9-13(16)20(28)21-19-14(22(26)27)10-18(33)32-23(19)30-11-29-21/h7-9,11,14-15,17,22,28,31H,3-6,10H2,1-2H3,(H,29,30,32,33). The molecule has 0 radical (unpaired) electrons. The highest BCUT2D eigenvalue weighted by Crippen LogP contribution is 2.38. The maximum absolute atomic E-state index is 14.6. The van der Waals surface area contributed by atoms with Crippen LogP contribution in [-0.2, 0) is 4.79 Å². The molecule has 3 atom stereocenters. The maximum Gasteiger partial charge on any atom is 0.246 e. The molecule has 10 heteroatoms. The minimum absolute atomic E-state index is 0.0608. The van der Waals surface area contributed by atoms with Crippen molar-refractivity contribution in [1.29, 1.82) is 5.41 Å². The molecular weight excluding hydrogens is 438 g/mol. The zero-order valence-corrected chi connectivity index (χ0v) is 18.5. The van der Waals surface area contributed by atoms with E-state index in [4.69, 9.17) is 5.41 Å². The summed E-state index contributed by atoms with van der Waals surface area (Å²) >= 11 is 0. The van der Waals surface area contributed by atoms with Crippen LogP contribution in [0.2, 0.25) is 0 Å². The lowest BCUT2D eigenvalue weighted by molar-refractivity contribution is -0.117. The van der Waals surface area contributed by atoms with E-state index in [0.717, 1.165) is 25.2 Å². The van der Waals surface area contributed by atoms with Gasteiger partial charge in [0.25, 0.3) is 0 Å². The van der Waals surface area contributed by atoms with Gasteiger partial charge in [-0.05, 0) is 31.0 Å². The van der Waals surface area contributed by atoms with E-state index < -0.39 is 42.7 Å². The Hall–Kier alpha value is -3.04. The summed E-state index contributed by atoms with van der Waals surface area (Å²) in [6.07, 6.45) is -0.993. The predicted molar refractivity (Wildman–Crippen MR) is 118 cm³/mol. The number of anilines is 2. The van der Waals surface area contributed by atoms with Gasteiger partial charge in [0.1, 0.15) is 24.1 Å². The van der Waals surface area contributed by atoms with E-state index in [-0.39, 0.29) is 34.8 Å². The Morgan fingerprint density at radius 2 is 2.03 bits per heavy atom. The van der Waals surface area contributed by atoms with Gasteiger partial charge in [0.05, 0.1) is 23.4 Å². The molecule has 0 aliphatic carbocycles. The molecule has 3 N–H and O–H groups in total. The predicted octanol–water partition coefficient (Wildman–Crippen LogP) is 5.44. The molecular formula is C23H27F4N5O. The minimum atomic E-state index is -2.88. The molecule has 178 valence electrons. The Morgan fingerprint density at radius 1 is 1.27 bits per heavy atom. The lowest BCUT2D eigenvalue weighted by atomic mass is 9.88. The number of hydrogen-bond donors (Lipinski definition) is 3. The van der Waals surface area contributed by atoms with E-state index in [9.17, 15) is 22.4 Å². The van der Waals surface area contributed by atoms with E-state index in [1.807, 2.05) is 6.92 Å². The van der Waals surface area contributed by atoms with Crippen LogP contribution >= 0.6 is 0 Å². The first-order chi connectivity index (χ1) is 15.8. The van der Waals surface area contributed by atoms with Gasteiger partial charge in [-0.2, -0.15) is 0 Å². The number of amides is 1. The van der Waals surface area contributed by atoms with Crippen molar-refractivity contribution in [1.82, 2.24) is 9.97 Å². The zero-order valence-electron chi connectivity index (χ0n) is 18.5. The summed E-state index contributed by atoms with van der Waals surface area (Å²) in [7, 11) is 0. The third-order valence-electron chi connectivity index (χ3n) is 5.75. The van der Waals surface area contributed by atoms with Gasteiger partial charge in [-0.3, -0.25) is 10.2 Å². The molecule has 6 nitrogen and oxygen atoms in total. The fourth-order valence-corrected chi connectivity index (χ4v) is 3.97. The molecule has 1 aliphatic heterocycles. The molecule has 1 aromatic heterocycles. The van der Waals surface area contributed by atoms with E-state index >= 15 is 0 Å². The molecule has 2 heterocycles. The second-order valence-corrected chi connectivity index (χ2v) is 8.06. The molecule has 1 amide bonds. The normalized spacial score (nSPS) is 17.3. The molecule has 1 aromatic carbocycles. The largest absolute Gasteiger partial charge is 0.379 e. The summed E-state index contributed by atoms with van der Waals surface area (Å²) in [5.41, 5.74) is -0.147. The monoisotopic (exact) mass is 465 g/mol. The molecule has 0 fully saturated rings. The molecule has 3 rings (SSSR count). The van der Waals surface area contributed by atoms with Crippen molar-refractivity contribution >= 4 is 23.1 Å². The van der Waals surface area contributed by atoms with Gasteiger partial charge >= 0.3 is 0 Å².